The van der Waals surface area contributed by atoms with Crippen LogP contribution in [0.25, 0.3) is 0 Å². The van der Waals surface area contributed by atoms with Crippen molar-refractivity contribution in [3.05, 3.63) is 0 Å². The number of esters is 2. The molecule has 0 amide bonds. The number of ether oxygens (including phenoxy) is 2. The van der Waals surface area contributed by atoms with E-state index < -0.39 is 17.0 Å². The normalized spacial score (nSPS) is 34.2. The summed E-state index contributed by atoms with van der Waals surface area (Å²) in [5.74, 6) is 1.62. The first-order chi connectivity index (χ1) is 15.1. The van der Waals surface area contributed by atoms with Gasteiger partial charge in [-0.3, -0.25) is 4.79 Å². The van der Waals surface area contributed by atoms with Gasteiger partial charge in [0.15, 0.2) is 6.61 Å². The Morgan fingerprint density at radius 2 is 1.48 bits per heavy atom. The van der Waals surface area contributed by atoms with Gasteiger partial charge in [-0.05, 0) is 100 Å². The molecule has 0 saturated heterocycles. The fraction of sp³-hybridized carbons (Fsp3) is 0.931. The SMILES string of the molecule is CCC(C)(CC(C)(C)C)C(=O)OCC(=O)OC(C)(CC)C12CC3CC(CC(C3)C(C)(C)C1)C2. The second-order valence-corrected chi connectivity index (χ2v) is 14.3. The first kappa shape index (κ1) is 26.5. The van der Waals surface area contributed by atoms with Crippen molar-refractivity contribution in [2.45, 2.75) is 126 Å². The maximum absolute atomic E-state index is 13.1. The highest BCUT2D eigenvalue weighted by Gasteiger charge is 2.61. The van der Waals surface area contributed by atoms with Crippen LogP contribution in [0.3, 0.4) is 0 Å². The molecule has 4 atom stereocenters. The Balaban J connectivity index is 1.72. The quantitative estimate of drug-likeness (QED) is 0.354. The molecule has 4 aliphatic rings. The average molecular weight is 463 g/mol. The Labute approximate surface area is 202 Å². The third kappa shape index (κ3) is 5.30. The van der Waals surface area contributed by atoms with Gasteiger partial charge in [-0.1, -0.05) is 48.5 Å². The van der Waals surface area contributed by atoms with Crippen molar-refractivity contribution in [2.75, 3.05) is 6.61 Å². The van der Waals surface area contributed by atoms with Crippen molar-refractivity contribution < 1.29 is 19.1 Å². The van der Waals surface area contributed by atoms with E-state index in [0.717, 1.165) is 37.0 Å². The Morgan fingerprint density at radius 1 is 0.909 bits per heavy atom. The van der Waals surface area contributed by atoms with Crippen molar-refractivity contribution in [3.63, 3.8) is 0 Å². The van der Waals surface area contributed by atoms with Crippen LogP contribution < -0.4 is 0 Å². The standard InChI is InChI=1S/C29H50O4/c1-10-27(8,18-25(3,4)5)24(31)32-17-23(30)33-28(9,11-2)29-15-20-12-21(16-29)14-22(13-20)26(6,7)19-29/h20-22H,10-19H2,1-9H3. The zero-order valence-electron chi connectivity index (χ0n) is 22.9. The lowest BCUT2D eigenvalue weighted by molar-refractivity contribution is -0.194. The van der Waals surface area contributed by atoms with Crippen LogP contribution in [0, 0.1) is 39.4 Å². The third-order valence-corrected chi connectivity index (χ3v) is 9.81. The number of hydrogen-bond acceptors (Lipinski definition) is 4. The van der Waals surface area contributed by atoms with Gasteiger partial charge in [-0.15, -0.1) is 0 Å². The second kappa shape index (κ2) is 8.86. The summed E-state index contributed by atoms with van der Waals surface area (Å²) < 4.78 is 11.9. The number of carbonyl (C=O) groups excluding carboxylic acids is 2. The molecule has 4 nitrogen and oxygen atoms in total. The van der Waals surface area contributed by atoms with Gasteiger partial charge >= 0.3 is 11.9 Å². The van der Waals surface area contributed by atoms with Gasteiger partial charge in [0, 0.05) is 5.41 Å². The predicted molar refractivity (Wildman–Crippen MR) is 133 cm³/mol. The molecular formula is C29H50O4. The highest BCUT2D eigenvalue weighted by atomic mass is 16.6. The largest absolute Gasteiger partial charge is 0.456 e. The minimum atomic E-state index is -0.589. The first-order valence-electron chi connectivity index (χ1n) is 13.5. The Hall–Kier alpha value is -1.06. The van der Waals surface area contributed by atoms with E-state index in [0.29, 0.717) is 6.42 Å². The van der Waals surface area contributed by atoms with Gasteiger partial charge in [-0.25, -0.2) is 4.79 Å². The van der Waals surface area contributed by atoms with Gasteiger partial charge in [0.05, 0.1) is 5.41 Å². The summed E-state index contributed by atoms with van der Waals surface area (Å²) in [6.45, 7) is 19.2. The van der Waals surface area contributed by atoms with E-state index in [2.05, 4.69) is 48.5 Å². The molecule has 4 bridgehead atoms. The van der Waals surface area contributed by atoms with Gasteiger partial charge in [0.2, 0.25) is 0 Å². The monoisotopic (exact) mass is 462 g/mol. The lowest BCUT2D eigenvalue weighted by atomic mass is 9.55. The highest BCUT2D eigenvalue weighted by molar-refractivity contribution is 5.80. The van der Waals surface area contributed by atoms with Crippen LogP contribution >= 0.6 is 0 Å². The summed E-state index contributed by atoms with van der Waals surface area (Å²) in [6, 6.07) is 0. The lowest BCUT2D eigenvalue weighted by Gasteiger charge is -2.54. The van der Waals surface area contributed by atoms with E-state index >= 15 is 0 Å². The van der Waals surface area contributed by atoms with Gasteiger partial charge in [-0.2, -0.15) is 0 Å². The minimum Gasteiger partial charge on any atom is -0.456 e. The van der Waals surface area contributed by atoms with Crippen LogP contribution in [0.5, 0.6) is 0 Å². The number of hydrogen-bond donors (Lipinski definition) is 0. The molecule has 0 aromatic rings. The van der Waals surface area contributed by atoms with E-state index in [1.54, 1.807) is 0 Å². The Morgan fingerprint density at radius 3 is 1.97 bits per heavy atom. The van der Waals surface area contributed by atoms with Gasteiger partial charge in [0.1, 0.15) is 5.60 Å². The molecule has 0 aromatic heterocycles. The Bertz CT molecular complexity index is 733. The number of carbonyl (C=O) groups is 2. The molecule has 0 spiro atoms. The molecular weight excluding hydrogens is 412 g/mol. The zero-order chi connectivity index (χ0) is 24.9. The molecule has 4 fully saturated rings. The molecule has 0 aliphatic heterocycles. The van der Waals surface area contributed by atoms with Crippen molar-refractivity contribution in [2.24, 2.45) is 39.4 Å². The molecule has 33 heavy (non-hydrogen) atoms. The Kier molecular flexibility index (Phi) is 7.13. The highest BCUT2D eigenvalue weighted by Crippen LogP contribution is 2.66. The molecule has 4 heteroatoms. The van der Waals surface area contributed by atoms with E-state index in [1.807, 2.05) is 13.8 Å². The van der Waals surface area contributed by atoms with Crippen LogP contribution in [-0.2, 0) is 19.1 Å². The summed E-state index contributed by atoms with van der Waals surface area (Å²) in [7, 11) is 0. The van der Waals surface area contributed by atoms with Crippen LogP contribution in [0.4, 0.5) is 0 Å². The van der Waals surface area contributed by atoms with Gasteiger partial charge in [0.25, 0.3) is 0 Å². The first-order valence-corrected chi connectivity index (χ1v) is 13.5. The van der Waals surface area contributed by atoms with E-state index in [4.69, 9.17) is 9.47 Å². The van der Waals surface area contributed by atoms with Crippen molar-refractivity contribution >= 4 is 11.9 Å². The summed E-state index contributed by atoms with van der Waals surface area (Å²) in [6.07, 6.45) is 9.67. The van der Waals surface area contributed by atoms with Crippen LogP contribution in [0.1, 0.15) is 120 Å². The molecule has 4 aliphatic carbocycles. The molecule has 4 saturated carbocycles. The molecule has 4 unspecified atom stereocenters. The predicted octanol–water partition coefficient (Wildman–Crippen LogP) is 7.34. The average Bonchev–Trinajstić information content (AvgIpc) is 2.81. The van der Waals surface area contributed by atoms with Crippen molar-refractivity contribution in [1.82, 2.24) is 0 Å². The second-order valence-electron chi connectivity index (χ2n) is 14.3. The zero-order valence-corrected chi connectivity index (χ0v) is 22.9. The summed E-state index contributed by atoms with van der Waals surface area (Å²) in [5.41, 5.74) is -0.810. The molecule has 0 aromatic carbocycles. The molecule has 0 radical (unpaired) electrons. The maximum atomic E-state index is 13.1. The maximum Gasteiger partial charge on any atom is 0.344 e. The topological polar surface area (TPSA) is 52.6 Å². The minimum absolute atomic E-state index is 0.00865. The van der Waals surface area contributed by atoms with E-state index in [1.165, 1.54) is 32.1 Å². The van der Waals surface area contributed by atoms with E-state index in [9.17, 15) is 9.59 Å². The number of fused-ring (bicyclic) bond motifs is 1. The molecule has 0 N–H and O–H groups in total. The smallest absolute Gasteiger partial charge is 0.344 e. The van der Waals surface area contributed by atoms with Crippen LogP contribution in [0.15, 0.2) is 0 Å². The van der Waals surface area contributed by atoms with Gasteiger partial charge < -0.3 is 9.47 Å². The third-order valence-electron chi connectivity index (χ3n) is 9.81. The van der Waals surface area contributed by atoms with Crippen LogP contribution in [0.2, 0.25) is 0 Å². The summed E-state index contributed by atoms with van der Waals surface area (Å²) >= 11 is 0. The summed E-state index contributed by atoms with van der Waals surface area (Å²) in [4.78, 5) is 26.0. The number of rotatable bonds is 8. The van der Waals surface area contributed by atoms with Crippen molar-refractivity contribution in [1.29, 1.82) is 0 Å². The lowest BCUT2D eigenvalue weighted by Crippen LogP contribution is -2.53. The molecule has 190 valence electrons. The fourth-order valence-electron chi connectivity index (χ4n) is 8.15. The van der Waals surface area contributed by atoms with Crippen molar-refractivity contribution in [3.8, 4) is 0 Å². The van der Waals surface area contributed by atoms with Crippen LogP contribution in [-0.4, -0.2) is 24.1 Å². The summed E-state index contributed by atoms with van der Waals surface area (Å²) in [5, 5.41) is 0. The van der Waals surface area contributed by atoms with E-state index in [-0.39, 0.29) is 28.8 Å². The molecule has 4 rings (SSSR count). The fourth-order valence-corrected chi connectivity index (χ4v) is 8.15. The molecule has 0 heterocycles.